The van der Waals surface area contributed by atoms with E-state index >= 15 is 0 Å². The van der Waals surface area contributed by atoms with E-state index in [0.29, 0.717) is 6.20 Å². The Morgan fingerprint density at radius 3 is 2.41 bits per heavy atom. The number of alkyl halides is 5. The zero-order valence-corrected chi connectivity index (χ0v) is 9.52. The summed E-state index contributed by atoms with van der Waals surface area (Å²) in [6, 6.07) is 0. The van der Waals surface area contributed by atoms with E-state index in [0.717, 1.165) is 0 Å². The van der Waals surface area contributed by atoms with E-state index < -0.39 is 40.9 Å². The van der Waals surface area contributed by atoms with Crippen molar-refractivity contribution in [2.45, 2.75) is 19.4 Å². The fourth-order valence-electron chi connectivity index (χ4n) is 1.00. The van der Waals surface area contributed by atoms with Crippen LogP contribution in [0.15, 0.2) is 10.7 Å². The van der Waals surface area contributed by atoms with Gasteiger partial charge in [-0.2, -0.15) is 0 Å². The second-order valence-electron chi connectivity index (χ2n) is 2.81. The standard InChI is InChI=1S/C8H5BrF5NO2/c9-5-3(7(10)11)1-15-4(2-16)6(5)17-8(12,13)14/h1,7,16H,2H2. The van der Waals surface area contributed by atoms with Gasteiger partial charge >= 0.3 is 6.36 Å². The first-order valence-corrected chi connectivity index (χ1v) is 4.87. The van der Waals surface area contributed by atoms with Crippen molar-refractivity contribution in [1.29, 1.82) is 0 Å². The summed E-state index contributed by atoms with van der Waals surface area (Å²) in [7, 11) is 0. The van der Waals surface area contributed by atoms with Crippen LogP contribution >= 0.6 is 15.9 Å². The first-order valence-electron chi connectivity index (χ1n) is 4.08. The Morgan fingerprint density at radius 2 is 2.00 bits per heavy atom. The summed E-state index contributed by atoms with van der Waals surface area (Å²) in [6.45, 7) is -0.868. The van der Waals surface area contributed by atoms with Crippen LogP contribution in [0, 0.1) is 0 Å². The van der Waals surface area contributed by atoms with Gasteiger partial charge in [0, 0.05) is 6.20 Å². The van der Waals surface area contributed by atoms with Crippen molar-refractivity contribution < 1.29 is 31.8 Å². The molecule has 0 fully saturated rings. The van der Waals surface area contributed by atoms with Gasteiger partial charge in [-0.05, 0) is 15.9 Å². The summed E-state index contributed by atoms with van der Waals surface area (Å²) < 4.78 is 63.9. The van der Waals surface area contributed by atoms with Gasteiger partial charge in [-0.25, -0.2) is 8.78 Å². The Labute approximate surface area is 100 Å². The number of pyridine rings is 1. The van der Waals surface area contributed by atoms with Crippen LogP contribution in [0.5, 0.6) is 5.75 Å². The molecule has 1 heterocycles. The number of hydrogen-bond acceptors (Lipinski definition) is 3. The normalized spacial score (nSPS) is 12.0. The number of aliphatic hydroxyl groups is 1. The molecule has 0 aliphatic heterocycles. The largest absolute Gasteiger partial charge is 0.573 e. The van der Waals surface area contributed by atoms with Crippen LogP contribution in [0.4, 0.5) is 22.0 Å². The molecule has 0 saturated carbocycles. The second-order valence-corrected chi connectivity index (χ2v) is 3.60. The van der Waals surface area contributed by atoms with Crippen LogP contribution in [0.25, 0.3) is 0 Å². The number of hydrogen-bond donors (Lipinski definition) is 1. The molecule has 1 N–H and O–H groups in total. The lowest BCUT2D eigenvalue weighted by atomic mass is 10.2. The van der Waals surface area contributed by atoms with Gasteiger partial charge in [0.15, 0.2) is 5.75 Å². The molecule has 0 amide bonds. The Morgan fingerprint density at radius 1 is 1.41 bits per heavy atom. The molecule has 0 aliphatic carbocycles. The topological polar surface area (TPSA) is 42.4 Å². The predicted molar refractivity (Wildman–Crippen MR) is 49.5 cm³/mol. The van der Waals surface area contributed by atoms with Crippen molar-refractivity contribution in [2.75, 3.05) is 0 Å². The Balaban J connectivity index is 3.28. The van der Waals surface area contributed by atoms with E-state index in [2.05, 4.69) is 25.7 Å². The maximum Gasteiger partial charge on any atom is 0.573 e. The lowest BCUT2D eigenvalue weighted by molar-refractivity contribution is -0.275. The molecule has 1 rings (SSSR count). The lowest BCUT2D eigenvalue weighted by Crippen LogP contribution is -2.19. The van der Waals surface area contributed by atoms with E-state index in [-0.39, 0.29) is 0 Å². The summed E-state index contributed by atoms with van der Waals surface area (Å²) in [5.41, 5.74) is -1.24. The first-order chi connectivity index (χ1) is 7.76. The molecule has 0 atom stereocenters. The number of halogens is 6. The highest BCUT2D eigenvalue weighted by molar-refractivity contribution is 9.10. The third-order valence-corrected chi connectivity index (χ3v) is 2.49. The van der Waals surface area contributed by atoms with E-state index in [1.807, 2.05) is 0 Å². The Hall–Kier alpha value is -0.960. The Kier molecular flexibility index (Phi) is 4.26. The van der Waals surface area contributed by atoms with Gasteiger partial charge in [-0.15, -0.1) is 13.2 Å². The van der Waals surface area contributed by atoms with Crippen molar-refractivity contribution in [3.05, 3.63) is 21.9 Å². The van der Waals surface area contributed by atoms with Gasteiger partial charge in [0.05, 0.1) is 16.6 Å². The third kappa shape index (κ3) is 3.50. The predicted octanol–water partition coefficient (Wildman–Crippen LogP) is 3.17. The van der Waals surface area contributed by atoms with Crippen molar-refractivity contribution in [3.63, 3.8) is 0 Å². The highest BCUT2D eigenvalue weighted by atomic mass is 79.9. The summed E-state index contributed by atoms with van der Waals surface area (Å²) in [4.78, 5) is 3.28. The zero-order valence-electron chi connectivity index (χ0n) is 7.93. The molecule has 96 valence electrons. The minimum absolute atomic E-state index is 0.487. The first kappa shape index (κ1) is 14.1. The van der Waals surface area contributed by atoms with Gasteiger partial charge in [0.1, 0.15) is 5.69 Å². The summed E-state index contributed by atoms with van der Waals surface area (Å²) >= 11 is 2.57. The molecular formula is C8H5BrF5NO2. The number of rotatable bonds is 3. The molecule has 9 heteroatoms. The second kappa shape index (κ2) is 5.13. The maximum absolute atomic E-state index is 12.4. The fourth-order valence-corrected chi connectivity index (χ4v) is 1.59. The fraction of sp³-hybridized carbons (Fsp3) is 0.375. The van der Waals surface area contributed by atoms with E-state index in [1.165, 1.54) is 0 Å². The monoisotopic (exact) mass is 321 g/mol. The summed E-state index contributed by atoms with van der Waals surface area (Å²) in [5, 5.41) is 8.75. The van der Waals surface area contributed by atoms with Crippen LogP contribution in [0.2, 0.25) is 0 Å². The van der Waals surface area contributed by atoms with E-state index in [4.69, 9.17) is 5.11 Å². The van der Waals surface area contributed by atoms with Crippen molar-refractivity contribution in [1.82, 2.24) is 4.98 Å². The maximum atomic E-state index is 12.4. The molecule has 0 spiro atoms. The van der Waals surface area contributed by atoms with Gasteiger partial charge in [0.2, 0.25) is 0 Å². The van der Waals surface area contributed by atoms with Gasteiger partial charge in [0.25, 0.3) is 6.43 Å². The minimum atomic E-state index is -5.06. The molecule has 3 nitrogen and oxygen atoms in total. The van der Waals surface area contributed by atoms with Gasteiger partial charge in [-0.3, -0.25) is 4.98 Å². The molecule has 1 aromatic rings. The van der Waals surface area contributed by atoms with Crippen LogP contribution in [0.3, 0.4) is 0 Å². The van der Waals surface area contributed by atoms with Crippen LogP contribution in [-0.4, -0.2) is 16.5 Å². The highest BCUT2D eigenvalue weighted by Gasteiger charge is 2.34. The van der Waals surface area contributed by atoms with E-state index in [1.54, 1.807) is 0 Å². The number of aliphatic hydroxyl groups excluding tert-OH is 1. The minimum Gasteiger partial charge on any atom is -0.403 e. The van der Waals surface area contributed by atoms with Crippen LogP contribution in [-0.2, 0) is 6.61 Å². The van der Waals surface area contributed by atoms with Crippen molar-refractivity contribution in [2.24, 2.45) is 0 Å². The molecule has 0 saturated heterocycles. The molecule has 17 heavy (non-hydrogen) atoms. The molecule has 0 radical (unpaired) electrons. The number of ether oxygens (including phenoxy) is 1. The molecular weight excluding hydrogens is 317 g/mol. The third-order valence-electron chi connectivity index (χ3n) is 1.68. The Bertz CT molecular complexity index is 410. The highest BCUT2D eigenvalue weighted by Crippen LogP contribution is 2.38. The van der Waals surface area contributed by atoms with Gasteiger partial charge < -0.3 is 9.84 Å². The quantitative estimate of drug-likeness (QED) is 0.869. The van der Waals surface area contributed by atoms with E-state index in [9.17, 15) is 22.0 Å². The number of aromatic nitrogens is 1. The zero-order chi connectivity index (χ0) is 13.2. The molecule has 0 aliphatic rings. The number of nitrogens with zero attached hydrogens (tertiary/aromatic N) is 1. The average molecular weight is 322 g/mol. The van der Waals surface area contributed by atoms with Crippen LogP contribution in [0.1, 0.15) is 17.7 Å². The average Bonchev–Trinajstić information content (AvgIpc) is 2.18. The molecule has 0 aromatic carbocycles. The lowest BCUT2D eigenvalue weighted by Gasteiger charge is -2.15. The SMILES string of the molecule is OCc1ncc(C(F)F)c(Br)c1OC(F)(F)F. The summed E-state index contributed by atoms with van der Waals surface area (Å²) in [5.74, 6) is -0.960. The smallest absolute Gasteiger partial charge is 0.403 e. The van der Waals surface area contributed by atoms with Crippen LogP contribution < -0.4 is 4.74 Å². The van der Waals surface area contributed by atoms with Crippen molar-refractivity contribution in [3.8, 4) is 5.75 Å². The summed E-state index contributed by atoms with van der Waals surface area (Å²) in [6.07, 6.45) is -7.40. The van der Waals surface area contributed by atoms with Crippen molar-refractivity contribution >= 4 is 15.9 Å². The molecule has 0 unspecified atom stereocenters. The molecule has 1 aromatic heterocycles. The molecule has 0 bridgehead atoms. The van der Waals surface area contributed by atoms with Gasteiger partial charge in [-0.1, -0.05) is 0 Å².